The molecule has 5 aromatic rings. The molecule has 0 radical (unpaired) electrons. The number of anilines is 1. The van der Waals surface area contributed by atoms with Crippen molar-refractivity contribution in [2.75, 3.05) is 110 Å². The number of Topliss-reactive ketones (excluding diaryl/α,β-unsaturated/α-hetero) is 1. The van der Waals surface area contributed by atoms with Crippen LogP contribution in [-0.2, 0) is 44.5 Å². The number of amides is 3. The third-order valence-corrected chi connectivity index (χ3v) is 18.3. The van der Waals surface area contributed by atoms with Crippen molar-refractivity contribution in [3.63, 3.8) is 0 Å². The van der Waals surface area contributed by atoms with Crippen molar-refractivity contribution in [2.45, 2.75) is 136 Å². The Balaban J connectivity index is 0.574. The predicted molar refractivity (Wildman–Crippen MR) is 330 cm³/mol. The third-order valence-electron chi connectivity index (χ3n) is 17.3. The van der Waals surface area contributed by atoms with E-state index in [2.05, 4.69) is 15.2 Å². The fourth-order valence-electron chi connectivity index (χ4n) is 12.2. The summed E-state index contributed by atoms with van der Waals surface area (Å²) < 4.78 is 35.9. The molecule has 2 aliphatic heterocycles. The van der Waals surface area contributed by atoms with E-state index in [-0.39, 0.29) is 64.3 Å². The molecule has 2 saturated heterocycles. The topological polar surface area (TPSA) is 236 Å². The minimum atomic E-state index is -0.546. The molecule has 4 aromatic heterocycles. The van der Waals surface area contributed by atoms with Gasteiger partial charge in [-0.2, -0.15) is 0 Å². The number of carbonyl (C=O) groups is 5. The summed E-state index contributed by atoms with van der Waals surface area (Å²) in [7, 11) is 0. The van der Waals surface area contributed by atoms with E-state index in [1.807, 2.05) is 42.0 Å². The number of ketones is 2. The molecule has 22 heteroatoms. The molecule has 0 spiro atoms. The van der Waals surface area contributed by atoms with Crippen LogP contribution in [0.5, 0.6) is 5.75 Å². The first-order valence-corrected chi connectivity index (χ1v) is 32.4. The van der Waals surface area contributed by atoms with Gasteiger partial charge in [0.1, 0.15) is 40.6 Å². The van der Waals surface area contributed by atoms with Crippen LogP contribution in [-0.4, -0.2) is 175 Å². The molecule has 4 fully saturated rings. The van der Waals surface area contributed by atoms with E-state index in [1.165, 1.54) is 18.3 Å². The molecule has 87 heavy (non-hydrogen) atoms. The smallest absolute Gasteiger partial charge is 0.263 e. The van der Waals surface area contributed by atoms with Gasteiger partial charge < -0.3 is 48.4 Å². The Labute approximate surface area is 514 Å². The number of rotatable bonds is 32. The fourth-order valence-corrected chi connectivity index (χ4v) is 13.1. The van der Waals surface area contributed by atoms with Crippen molar-refractivity contribution >= 4 is 57.3 Å². The highest BCUT2D eigenvalue weighted by Crippen LogP contribution is 2.37. The monoisotopic (exact) mass is 1220 g/mol. The van der Waals surface area contributed by atoms with Gasteiger partial charge in [-0.05, 0) is 94.5 Å². The number of piperazine rings is 1. The van der Waals surface area contributed by atoms with Crippen LogP contribution < -0.4 is 20.5 Å². The van der Waals surface area contributed by atoms with Crippen molar-refractivity contribution in [1.29, 1.82) is 0 Å². The van der Waals surface area contributed by atoms with Gasteiger partial charge in [0.2, 0.25) is 23.5 Å². The lowest BCUT2D eigenvalue weighted by Gasteiger charge is -2.36. The van der Waals surface area contributed by atoms with Gasteiger partial charge in [-0.3, -0.25) is 38.3 Å². The summed E-state index contributed by atoms with van der Waals surface area (Å²) in [6.45, 7) is 14.5. The minimum absolute atomic E-state index is 0.0164. The van der Waals surface area contributed by atoms with E-state index in [4.69, 9.17) is 43.4 Å². The average molecular weight is 1220 g/mol. The number of nitrogens with one attached hydrogen (secondary N) is 1. The van der Waals surface area contributed by atoms with E-state index in [0.29, 0.717) is 159 Å². The zero-order valence-corrected chi connectivity index (χ0v) is 52.0. The first-order chi connectivity index (χ1) is 42.4. The summed E-state index contributed by atoms with van der Waals surface area (Å²) in [6, 6.07) is 10.3. The van der Waals surface area contributed by atoms with Crippen LogP contribution in [0.15, 0.2) is 59.0 Å². The molecule has 470 valence electrons. The van der Waals surface area contributed by atoms with Crippen LogP contribution in [0, 0.1) is 18.8 Å². The first-order valence-electron chi connectivity index (χ1n) is 31.5. The standard InChI is InChI=1S/C65H87N9O12S/c1-5-44(2)62(78)70-59(47-13-7-6-8-14-47)65(80)73-23-12-19-55(73)63-68-54(43-87-63)60(77)48-15-11-18-52(39-48)86-38-37-85-36-35-84-34-33-83-32-31-82-30-29-81-28-22-57(76)72-26-24-71(25-27-72)51-21-20-49(66-41-51)40-56-67-42-53-45(3)58(46(4)75)64(79)74(61(53)69-56)50-16-9-10-17-50/h11,15,18,20-21,39,41-44,47,50,55,59H,5-10,12-14,16-17,19,22-38,40H2,1-4H3,(H,70,78)/t44-,55+,59+/m1/s1. The van der Waals surface area contributed by atoms with Gasteiger partial charge in [0.05, 0.1) is 102 Å². The summed E-state index contributed by atoms with van der Waals surface area (Å²) in [5.74, 6) is 0.562. The van der Waals surface area contributed by atoms with Gasteiger partial charge in [-0.1, -0.05) is 58.1 Å². The average Bonchev–Trinajstić information content (AvgIpc) is 1.86. The van der Waals surface area contributed by atoms with Crippen LogP contribution in [0.25, 0.3) is 11.0 Å². The molecule has 1 N–H and O–H groups in total. The zero-order chi connectivity index (χ0) is 61.1. The number of fused-ring (bicyclic) bond motifs is 1. The van der Waals surface area contributed by atoms with E-state index in [9.17, 15) is 28.8 Å². The normalized spacial score (nSPS) is 17.5. The van der Waals surface area contributed by atoms with Gasteiger partial charge >= 0.3 is 0 Å². The highest BCUT2D eigenvalue weighted by Gasteiger charge is 2.40. The van der Waals surface area contributed by atoms with Gasteiger partial charge in [-0.25, -0.2) is 15.0 Å². The summed E-state index contributed by atoms with van der Waals surface area (Å²) in [6.07, 6.45) is 15.6. The molecule has 2 saturated carbocycles. The van der Waals surface area contributed by atoms with Crippen molar-refractivity contribution in [1.82, 2.24) is 39.6 Å². The number of nitrogens with zero attached hydrogens (tertiary/aromatic N) is 8. The molecule has 0 unspecified atom stereocenters. The summed E-state index contributed by atoms with van der Waals surface area (Å²) in [5, 5.41) is 6.38. The van der Waals surface area contributed by atoms with Crippen LogP contribution in [0.2, 0.25) is 0 Å². The largest absolute Gasteiger partial charge is 0.491 e. The van der Waals surface area contributed by atoms with E-state index >= 15 is 0 Å². The lowest BCUT2D eigenvalue weighted by atomic mass is 9.83. The van der Waals surface area contributed by atoms with Gasteiger partial charge in [0, 0.05) is 72.9 Å². The highest BCUT2D eigenvalue weighted by atomic mass is 32.1. The number of benzene rings is 1. The summed E-state index contributed by atoms with van der Waals surface area (Å²) in [4.78, 5) is 105. The van der Waals surface area contributed by atoms with E-state index in [1.54, 1.807) is 47.3 Å². The van der Waals surface area contributed by atoms with Gasteiger partial charge in [0.15, 0.2) is 5.78 Å². The molecule has 9 rings (SSSR count). The SMILES string of the molecule is CC[C@@H](C)C(=O)N[C@H](C(=O)N1CCC[C@H]1c1nc(C(=O)c2cccc(OCCOCCOCCOCCOCCOCCC(=O)N3CCN(c4ccc(Cc5ncc6c(C)c(C(C)=O)c(=O)n(C7CCCC7)c6n5)nc4)CC3)c2)cs1)C1CCCCC1. The Hall–Kier alpha value is -6.56. The zero-order valence-electron chi connectivity index (χ0n) is 51.2. The third kappa shape index (κ3) is 17.4. The Morgan fingerprint density at radius 3 is 2.06 bits per heavy atom. The molecule has 4 aliphatic rings. The number of hydrogen-bond donors (Lipinski definition) is 1. The van der Waals surface area contributed by atoms with Crippen LogP contribution in [0.3, 0.4) is 0 Å². The Kier molecular flexibility index (Phi) is 24.3. The van der Waals surface area contributed by atoms with Crippen LogP contribution in [0.4, 0.5) is 5.69 Å². The fraction of sp³-hybridized carbons (Fsp3) is 0.600. The molecule has 3 amide bonds. The van der Waals surface area contributed by atoms with Crippen molar-refractivity contribution in [2.24, 2.45) is 11.8 Å². The number of pyridine rings is 2. The highest BCUT2D eigenvalue weighted by molar-refractivity contribution is 7.10. The van der Waals surface area contributed by atoms with Crippen molar-refractivity contribution in [3.8, 4) is 5.75 Å². The first kappa shape index (κ1) is 64.9. The second kappa shape index (κ2) is 32.6. The number of carbonyl (C=O) groups excluding carboxylic acids is 5. The molecule has 6 heterocycles. The maximum atomic E-state index is 14.2. The number of aryl methyl sites for hydroxylation is 1. The number of hydrogen-bond acceptors (Lipinski definition) is 18. The summed E-state index contributed by atoms with van der Waals surface area (Å²) in [5.41, 5.74) is 3.73. The minimum Gasteiger partial charge on any atom is -0.491 e. The molecule has 3 atom stereocenters. The lowest BCUT2D eigenvalue weighted by molar-refractivity contribution is -0.140. The molecule has 1 aromatic carbocycles. The number of thiazole rings is 1. The lowest BCUT2D eigenvalue weighted by Crippen LogP contribution is -2.53. The molecule has 2 aliphatic carbocycles. The predicted octanol–water partition coefficient (Wildman–Crippen LogP) is 8.07. The Bertz CT molecular complexity index is 3150. The van der Waals surface area contributed by atoms with Gasteiger partial charge in [0.25, 0.3) is 5.56 Å². The molecule has 21 nitrogen and oxygen atoms in total. The van der Waals surface area contributed by atoms with E-state index < -0.39 is 6.04 Å². The van der Waals surface area contributed by atoms with Crippen LogP contribution >= 0.6 is 11.3 Å². The van der Waals surface area contributed by atoms with Crippen molar-refractivity contribution < 1.29 is 52.4 Å². The number of ether oxygens (including phenoxy) is 6. The van der Waals surface area contributed by atoms with Crippen molar-refractivity contribution in [3.05, 3.63) is 103 Å². The second-order valence-corrected chi connectivity index (χ2v) is 24.1. The van der Waals surface area contributed by atoms with Crippen LogP contribution in [0.1, 0.15) is 165 Å². The Morgan fingerprint density at radius 1 is 0.736 bits per heavy atom. The van der Waals surface area contributed by atoms with E-state index in [0.717, 1.165) is 92.4 Å². The quantitative estimate of drug-likeness (QED) is 0.0316. The maximum Gasteiger partial charge on any atom is 0.263 e. The molecular formula is C65H87N9O12S. The molecule has 0 bridgehead atoms. The maximum absolute atomic E-state index is 14.2. The van der Waals surface area contributed by atoms with Gasteiger partial charge in [-0.15, -0.1) is 11.3 Å². The Morgan fingerprint density at radius 2 is 1.40 bits per heavy atom. The number of likely N-dealkylation sites (tertiary alicyclic amines) is 1. The number of aromatic nitrogens is 5. The summed E-state index contributed by atoms with van der Waals surface area (Å²) >= 11 is 1.40. The molecular weight excluding hydrogens is 1130 g/mol. The second-order valence-electron chi connectivity index (χ2n) is 23.2.